The van der Waals surface area contributed by atoms with Gasteiger partial charge in [-0.2, -0.15) is 0 Å². The lowest BCUT2D eigenvalue weighted by atomic mass is 10.1. The highest BCUT2D eigenvalue weighted by Gasteiger charge is 2.10. The number of benzene rings is 2. The standard InChI is InChI=1S/C22H24N4O3/c1-2-26-19-10-8-17(9-11-21(27)25-29)14-18(19)24-20(26)12-13-23-22(28)15-16-6-4-3-5-7-16/h3-11,14,29H,2,12-13,15H2,1H3,(H,23,28)(H,25,27). The van der Waals surface area contributed by atoms with Gasteiger partial charge in [-0.3, -0.25) is 14.8 Å². The summed E-state index contributed by atoms with van der Waals surface area (Å²) in [6, 6.07) is 15.4. The van der Waals surface area contributed by atoms with Crippen LogP contribution in [-0.2, 0) is 29.0 Å². The van der Waals surface area contributed by atoms with E-state index < -0.39 is 5.91 Å². The monoisotopic (exact) mass is 392 g/mol. The molecule has 0 aliphatic carbocycles. The SMILES string of the molecule is CCn1c(CCNC(=O)Cc2ccccc2)nc2cc(C=CC(=O)NO)ccc21. The molecule has 7 heteroatoms. The van der Waals surface area contributed by atoms with Crippen molar-refractivity contribution in [2.75, 3.05) is 6.54 Å². The fourth-order valence-electron chi connectivity index (χ4n) is 3.21. The quantitative estimate of drug-likeness (QED) is 0.312. The highest BCUT2D eigenvalue weighted by molar-refractivity contribution is 5.91. The highest BCUT2D eigenvalue weighted by atomic mass is 16.5. The van der Waals surface area contributed by atoms with Crippen LogP contribution in [0.1, 0.15) is 23.9 Å². The smallest absolute Gasteiger partial charge is 0.267 e. The zero-order valence-corrected chi connectivity index (χ0v) is 16.3. The third-order valence-electron chi connectivity index (χ3n) is 4.58. The molecule has 0 unspecified atom stereocenters. The van der Waals surface area contributed by atoms with Crippen LogP contribution in [0.2, 0.25) is 0 Å². The van der Waals surface area contributed by atoms with E-state index in [4.69, 9.17) is 10.2 Å². The van der Waals surface area contributed by atoms with Crippen molar-refractivity contribution in [3.8, 4) is 0 Å². The van der Waals surface area contributed by atoms with Gasteiger partial charge in [0.15, 0.2) is 0 Å². The topological polar surface area (TPSA) is 96.2 Å². The fourth-order valence-corrected chi connectivity index (χ4v) is 3.21. The largest absolute Gasteiger partial charge is 0.355 e. The van der Waals surface area contributed by atoms with Crippen molar-refractivity contribution in [3.63, 3.8) is 0 Å². The molecule has 0 spiro atoms. The van der Waals surface area contributed by atoms with Gasteiger partial charge in [0, 0.05) is 25.6 Å². The number of amides is 2. The van der Waals surface area contributed by atoms with Gasteiger partial charge in [0.1, 0.15) is 5.82 Å². The summed E-state index contributed by atoms with van der Waals surface area (Å²) in [6.07, 6.45) is 3.85. The van der Waals surface area contributed by atoms with Crippen molar-refractivity contribution in [1.29, 1.82) is 0 Å². The molecule has 3 N–H and O–H groups in total. The number of nitrogens with zero attached hydrogens (tertiary/aromatic N) is 2. The molecular formula is C22H24N4O3. The molecule has 150 valence electrons. The van der Waals surface area contributed by atoms with Gasteiger partial charge in [-0.1, -0.05) is 36.4 Å². The van der Waals surface area contributed by atoms with Gasteiger partial charge in [-0.15, -0.1) is 0 Å². The van der Waals surface area contributed by atoms with Gasteiger partial charge in [0.05, 0.1) is 17.5 Å². The molecule has 0 atom stereocenters. The Morgan fingerprint density at radius 3 is 2.69 bits per heavy atom. The Bertz CT molecular complexity index is 1030. The maximum atomic E-state index is 12.1. The van der Waals surface area contributed by atoms with Gasteiger partial charge in [-0.05, 0) is 36.3 Å². The van der Waals surface area contributed by atoms with Gasteiger partial charge < -0.3 is 9.88 Å². The molecule has 0 aliphatic rings. The van der Waals surface area contributed by atoms with Gasteiger partial charge in [0.25, 0.3) is 5.91 Å². The minimum absolute atomic E-state index is 0.00931. The van der Waals surface area contributed by atoms with Crippen LogP contribution in [0.5, 0.6) is 0 Å². The number of hydrogen-bond acceptors (Lipinski definition) is 4. The minimum Gasteiger partial charge on any atom is -0.355 e. The average molecular weight is 392 g/mol. The number of aryl methyl sites for hydroxylation is 1. The van der Waals surface area contributed by atoms with Crippen LogP contribution >= 0.6 is 0 Å². The average Bonchev–Trinajstić information content (AvgIpc) is 3.09. The van der Waals surface area contributed by atoms with E-state index in [9.17, 15) is 9.59 Å². The summed E-state index contributed by atoms with van der Waals surface area (Å²) in [5.74, 6) is 0.304. The normalized spacial score (nSPS) is 11.1. The molecule has 0 saturated carbocycles. The van der Waals surface area contributed by atoms with Crippen molar-refractivity contribution in [1.82, 2.24) is 20.3 Å². The Morgan fingerprint density at radius 2 is 1.97 bits per heavy atom. The van der Waals surface area contributed by atoms with E-state index in [1.165, 1.54) is 6.08 Å². The van der Waals surface area contributed by atoms with Crippen molar-refractivity contribution < 1.29 is 14.8 Å². The van der Waals surface area contributed by atoms with Crippen molar-refractivity contribution in [3.05, 3.63) is 71.6 Å². The molecule has 3 aromatic rings. The number of fused-ring (bicyclic) bond motifs is 1. The van der Waals surface area contributed by atoms with Crippen LogP contribution in [0.25, 0.3) is 17.1 Å². The van der Waals surface area contributed by atoms with E-state index in [0.717, 1.165) is 34.5 Å². The Kier molecular flexibility index (Phi) is 6.76. The molecule has 29 heavy (non-hydrogen) atoms. The number of hydroxylamine groups is 1. The second kappa shape index (κ2) is 9.66. The predicted molar refractivity (Wildman–Crippen MR) is 111 cm³/mol. The molecule has 0 radical (unpaired) electrons. The van der Waals surface area contributed by atoms with E-state index in [0.29, 0.717) is 19.4 Å². The van der Waals surface area contributed by atoms with Crippen LogP contribution in [0, 0.1) is 0 Å². The molecule has 0 aliphatic heterocycles. The van der Waals surface area contributed by atoms with E-state index in [2.05, 4.69) is 16.8 Å². The molecule has 0 fully saturated rings. The number of aromatic nitrogens is 2. The summed E-state index contributed by atoms with van der Waals surface area (Å²) >= 11 is 0. The number of carbonyl (C=O) groups is 2. The van der Waals surface area contributed by atoms with E-state index in [-0.39, 0.29) is 5.91 Å². The second-order valence-corrected chi connectivity index (χ2v) is 6.59. The van der Waals surface area contributed by atoms with Gasteiger partial charge >= 0.3 is 0 Å². The molecule has 2 amide bonds. The molecule has 3 rings (SSSR count). The van der Waals surface area contributed by atoms with Crippen LogP contribution in [0.4, 0.5) is 0 Å². The molecule has 2 aromatic carbocycles. The van der Waals surface area contributed by atoms with Crippen LogP contribution in [0.3, 0.4) is 0 Å². The molecule has 0 bridgehead atoms. The predicted octanol–water partition coefficient (Wildman–Crippen LogP) is 2.48. The first-order chi connectivity index (χ1) is 14.1. The maximum absolute atomic E-state index is 12.1. The third-order valence-corrected chi connectivity index (χ3v) is 4.58. The van der Waals surface area contributed by atoms with E-state index >= 15 is 0 Å². The first kappa shape index (κ1) is 20.3. The van der Waals surface area contributed by atoms with Crippen molar-refractivity contribution >= 4 is 28.9 Å². The molecule has 0 saturated heterocycles. The number of hydrogen-bond donors (Lipinski definition) is 3. The Morgan fingerprint density at radius 1 is 1.17 bits per heavy atom. The lowest BCUT2D eigenvalue weighted by Gasteiger charge is -2.08. The molecule has 7 nitrogen and oxygen atoms in total. The summed E-state index contributed by atoms with van der Waals surface area (Å²) in [7, 11) is 0. The first-order valence-electron chi connectivity index (χ1n) is 9.52. The second-order valence-electron chi connectivity index (χ2n) is 6.59. The number of imidazole rings is 1. The minimum atomic E-state index is -0.587. The summed E-state index contributed by atoms with van der Waals surface area (Å²) in [4.78, 5) is 28.0. The van der Waals surface area contributed by atoms with Crippen LogP contribution in [-0.4, -0.2) is 33.1 Å². The summed E-state index contributed by atoms with van der Waals surface area (Å²) in [5.41, 5.74) is 5.18. The summed E-state index contributed by atoms with van der Waals surface area (Å²) < 4.78 is 2.12. The van der Waals surface area contributed by atoms with E-state index in [1.807, 2.05) is 48.5 Å². The lowest BCUT2D eigenvalue weighted by Crippen LogP contribution is -2.27. The van der Waals surface area contributed by atoms with Gasteiger partial charge in [-0.25, -0.2) is 10.5 Å². The van der Waals surface area contributed by atoms with Crippen LogP contribution in [0.15, 0.2) is 54.6 Å². The lowest BCUT2D eigenvalue weighted by molar-refractivity contribution is -0.124. The Labute approximate surface area is 169 Å². The molecular weight excluding hydrogens is 368 g/mol. The fraction of sp³-hybridized carbons (Fsp3) is 0.227. The highest BCUT2D eigenvalue weighted by Crippen LogP contribution is 2.19. The van der Waals surface area contributed by atoms with Gasteiger partial charge in [0.2, 0.25) is 5.91 Å². The zero-order chi connectivity index (χ0) is 20.6. The number of carbonyl (C=O) groups excluding carboxylic acids is 2. The first-order valence-corrected chi connectivity index (χ1v) is 9.52. The summed E-state index contributed by atoms with van der Waals surface area (Å²) in [5, 5.41) is 11.5. The van der Waals surface area contributed by atoms with Crippen molar-refractivity contribution in [2.45, 2.75) is 26.3 Å². The molecule has 1 heterocycles. The zero-order valence-electron chi connectivity index (χ0n) is 16.3. The number of rotatable bonds is 8. The Balaban J connectivity index is 1.66. The van der Waals surface area contributed by atoms with Crippen LogP contribution < -0.4 is 10.8 Å². The Hall–Kier alpha value is -3.45. The maximum Gasteiger partial charge on any atom is 0.267 e. The van der Waals surface area contributed by atoms with E-state index in [1.54, 1.807) is 11.6 Å². The molecule has 1 aromatic heterocycles. The van der Waals surface area contributed by atoms with Crippen molar-refractivity contribution in [2.24, 2.45) is 0 Å². The third kappa shape index (κ3) is 5.30. The number of nitrogens with one attached hydrogen (secondary N) is 2. The summed E-state index contributed by atoms with van der Waals surface area (Å²) in [6.45, 7) is 3.34.